The molecule has 1 aromatic carbocycles. The molecule has 0 radical (unpaired) electrons. The molecule has 8 heteroatoms. The van der Waals surface area contributed by atoms with E-state index in [1.54, 1.807) is 28.6 Å². The van der Waals surface area contributed by atoms with Crippen LogP contribution in [0.2, 0.25) is 0 Å². The van der Waals surface area contributed by atoms with Gasteiger partial charge in [-0.3, -0.25) is 9.69 Å². The SMILES string of the molecule is C[C@@H]1C[C@@H](C)CN(S(=O)(=O)c2ccc(NC(=O)CN3C[C@@H](C)O[C@@H](C)C3)cc2)C1. The molecule has 1 N–H and O–H groups in total. The van der Waals surface area contributed by atoms with Crippen LogP contribution in [0, 0.1) is 11.8 Å². The van der Waals surface area contributed by atoms with Crippen molar-refractivity contribution in [1.29, 1.82) is 0 Å². The van der Waals surface area contributed by atoms with Crippen LogP contribution in [0.15, 0.2) is 29.2 Å². The maximum Gasteiger partial charge on any atom is 0.243 e. The van der Waals surface area contributed by atoms with Crippen molar-refractivity contribution in [3.05, 3.63) is 24.3 Å². The Labute approximate surface area is 174 Å². The minimum absolute atomic E-state index is 0.108. The van der Waals surface area contributed by atoms with Crippen LogP contribution in [0.5, 0.6) is 0 Å². The third-order valence-corrected chi connectivity index (χ3v) is 7.32. The van der Waals surface area contributed by atoms with E-state index < -0.39 is 10.0 Å². The molecule has 0 aromatic heterocycles. The van der Waals surface area contributed by atoms with Gasteiger partial charge in [0.2, 0.25) is 15.9 Å². The second-order valence-corrected chi connectivity index (χ2v) is 10.7. The summed E-state index contributed by atoms with van der Waals surface area (Å²) in [5, 5.41) is 2.86. The van der Waals surface area contributed by atoms with Crippen molar-refractivity contribution in [2.45, 2.75) is 51.2 Å². The van der Waals surface area contributed by atoms with Gasteiger partial charge in [0.05, 0.1) is 23.6 Å². The van der Waals surface area contributed by atoms with Crippen molar-refractivity contribution >= 4 is 21.6 Å². The summed E-state index contributed by atoms with van der Waals surface area (Å²) in [7, 11) is -3.51. The highest BCUT2D eigenvalue weighted by molar-refractivity contribution is 7.89. The maximum absolute atomic E-state index is 13.0. The molecule has 4 atom stereocenters. The first-order chi connectivity index (χ1) is 13.6. The number of piperidine rings is 1. The minimum Gasteiger partial charge on any atom is -0.373 e. The van der Waals surface area contributed by atoms with E-state index in [1.165, 1.54) is 0 Å². The highest BCUT2D eigenvalue weighted by Crippen LogP contribution is 2.27. The number of rotatable bonds is 5. The highest BCUT2D eigenvalue weighted by atomic mass is 32.2. The number of anilines is 1. The van der Waals surface area contributed by atoms with Crippen LogP contribution in [0.25, 0.3) is 0 Å². The van der Waals surface area contributed by atoms with Crippen molar-refractivity contribution in [3.63, 3.8) is 0 Å². The molecule has 0 saturated carbocycles. The lowest BCUT2D eigenvalue weighted by atomic mass is 9.94. The molecule has 7 nitrogen and oxygen atoms in total. The lowest BCUT2D eigenvalue weighted by molar-refractivity contribution is -0.121. The molecule has 3 rings (SSSR count). The predicted molar refractivity (Wildman–Crippen MR) is 113 cm³/mol. The summed E-state index contributed by atoms with van der Waals surface area (Å²) >= 11 is 0. The Morgan fingerprint density at radius 1 is 1.00 bits per heavy atom. The standard InChI is InChI=1S/C21H33N3O4S/c1-15-9-16(2)11-24(10-15)29(26,27)20-7-5-19(6-8-20)22-21(25)14-23-12-17(3)28-18(4)13-23/h5-8,15-18H,9-14H2,1-4H3,(H,22,25)/t15-,16-,17-,18+/m1/s1. The molecular formula is C21H33N3O4S. The Hall–Kier alpha value is -1.48. The molecule has 0 spiro atoms. The van der Waals surface area contributed by atoms with E-state index in [-0.39, 0.29) is 23.0 Å². The molecule has 2 heterocycles. The van der Waals surface area contributed by atoms with Crippen LogP contribution in [0.1, 0.15) is 34.1 Å². The Bertz CT molecular complexity index is 792. The van der Waals surface area contributed by atoms with E-state index in [4.69, 9.17) is 4.74 Å². The minimum atomic E-state index is -3.51. The number of sulfonamides is 1. The number of carbonyl (C=O) groups excluding carboxylic acids is 1. The molecule has 1 aromatic rings. The molecule has 2 aliphatic heterocycles. The van der Waals surface area contributed by atoms with Crippen molar-refractivity contribution < 1.29 is 17.9 Å². The van der Waals surface area contributed by atoms with E-state index in [0.29, 0.717) is 37.2 Å². The van der Waals surface area contributed by atoms with Crippen molar-refractivity contribution in [2.75, 3.05) is 38.0 Å². The Balaban J connectivity index is 1.60. The second-order valence-electron chi connectivity index (χ2n) is 8.79. The van der Waals surface area contributed by atoms with Gasteiger partial charge in [-0.1, -0.05) is 13.8 Å². The first-order valence-electron chi connectivity index (χ1n) is 10.4. The zero-order chi connectivity index (χ0) is 21.2. The molecular weight excluding hydrogens is 390 g/mol. The normalized spacial score (nSPS) is 29.5. The van der Waals surface area contributed by atoms with Crippen LogP contribution < -0.4 is 5.32 Å². The fourth-order valence-corrected chi connectivity index (χ4v) is 6.16. The fraction of sp³-hybridized carbons (Fsp3) is 0.667. The number of carbonyl (C=O) groups is 1. The van der Waals surface area contributed by atoms with Gasteiger partial charge in [-0.2, -0.15) is 4.31 Å². The largest absolute Gasteiger partial charge is 0.373 e. The monoisotopic (exact) mass is 423 g/mol. The maximum atomic E-state index is 13.0. The van der Waals surface area contributed by atoms with Gasteiger partial charge in [0.1, 0.15) is 0 Å². The van der Waals surface area contributed by atoms with Crippen molar-refractivity contribution in [1.82, 2.24) is 9.21 Å². The Morgan fingerprint density at radius 2 is 1.55 bits per heavy atom. The van der Waals surface area contributed by atoms with Crippen LogP contribution in [0.3, 0.4) is 0 Å². The molecule has 2 aliphatic rings. The summed E-state index contributed by atoms with van der Waals surface area (Å²) in [6.45, 7) is 11.0. The molecule has 2 fully saturated rings. The number of nitrogens with one attached hydrogen (secondary N) is 1. The van der Waals surface area contributed by atoms with Gasteiger partial charge in [-0.15, -0.1) is 0 Å². The Kier molecular flexibility index (Phi) is 6.98. The number of hydrogen-bond acceptors (Lipinski definition) is 5. The number of morpholine rings is 1. The molecule has 162 valence electrons. The summed E-state index contributed by atoms with van der Waals surface area (Å²) < 4.78 is 33.2. The molecule has 1 amide bonds. The van der Waals surface area contributed by atoms with E-state index in [0.717, 1.165) is 19.5 Å². The average Bonchev–Trinajstić information content (AvgIpc) is 2.60. The number of amides is 1. The molecule has 2 saturated heterocycles. The third-order valence-electron chi connectivity index (χ3n) is 5.47. The lowest BCUT2D eigenvalue weighted by Crippen LogP contribution is -2.48. The van der Waals surface area contributed by atoms with Crippen molar-refractivity contribution in [2.24, 2.45) is 11.8 Å². The summed E-state index contributed by atoms with van der Waals surface area (Å²) in [5.41, 5.74) is 0.601. The van der Waals surface area contributed by atoms with Gasteiger partial charge >= 0.3 is 0 Å². The summed E-state index contributed by atoms with van der Waals surface area (Å²) in [5.74, 6) is 0.607. The van der Waals surface area contributed by atoms with Gasteiger partial charge in [0.25, 0.3) is 0 Å². The Morgan fingerprint density at radius 3 is 2.10 bits per heavy atom. The van der Waals surface area contributed by atoms with Gasteiger partial charge in [0, 0.05) is 31.9 Å². The van der Waals surface area contributed by atoms with Crippen LogP contribution in [-0.2, 0) is 19.6 Å². The topological polar surface area (TPSA) is 79.0 Å². The van der Waals surface area contributed by atoms with Gasteiger partial charge < -0.3 is 10.1 Å². The first-order valence-corrected chi connectivity index (χ1v) is 11.9. The number of benzene rings is 1. The zero-order valence-electron chi connectivity index (χ0n) is 17.8. The van der Waals surface area contributed by atoms with E-state index >= 15 is 0 Å². The van der Waals surface area contributed by atoms with Crippen molar-refractivity contribution in [3.8, 4) is 0 Å². The van der Waals surface area contributed by atoms with Crippen LogP contribution in [-0.4, -0.2) is 68.5 Å². The second kappa shape index (κ2) is 9.12. The number of ether oxygens (including phenoxy) is 1. The van der Waals surface area contributed by atoms with E-state index in [1.807, 2.05) is 13.8 Å². The molecule has 0 unspecified atom stereocenters. The van der Waals surface area contributed by atoms with Crippen LogP contribution in [0.4, 0.5) is 5.69 Å². The number of nitrogens with zero attached hydrogens (tertiary/aromatic N) is 2. The summed E-state index contributed by atoms with van der Waals surface area (Å²) in [4.78, 5) is 14.7. The van der Waals surface area contributed by atoms with Gasteiger partial charge in [-0.05, 0) is 56.4 Å². The number of hydrogen-bond donors (Lipinski definition) is 1. The fourth-order valence-electron chi connectivity index (χ4n) is 4.48. The van der Waals surface area contributed by atoms with E-state index in [9.17, 15) is 13.2 Å². The van der Waals surface area contributed by atoms with E-state index in [2.05, 4.69) is 24.1 Å². The molecule has 0 bridgehead atoms. The zero-order valence-corrected chi connectivity index (χ0v) is 18.6. The lowest BCUT2D eigenvalue weighted by Gasteiger charge is -2.34. The molecule has 0 aliphatic carbocycles. The average molecular weight is 424 g/mol. The van der Waals surface area contributed by atoms with Gasteiger partial charge in [0.15, 0.2) is 0 Å². The van der Waals surface area contributed by atoms with Gasteiger partial charge in [-0.25, -0.2) is 8.42 Å². The molecule has 29 heavy (non-hydrogen) atoms. The third kappa shape index (κ3) is 5.78. The predicted octanol–water partition coefficient (Wildman–Crippen LogP) is 2.40. The quantitative estimate of drug-likeness (QED) is 0.787. The first kappa shape index (κ1) is 22.2. The summed E-state index contributed by atoms with van der Waals surface area (Å²) in [6.07, 6.45) is 1.27. The summed E-state index contributed by atoms with van der Waals surface area (Å²) in [6, 6.07) is 6.47. The smallest absolute Gasteiger partial charge is 0.243 e. The van der Waals surface area contributed by atoms with Crippen LogP contribution >= 0.6 is 0 Å². The highest BCUT2D eigenvalue weighted by Gasteiger charge is 2.31.